The van der Waals surface area contributed by atoms with E-state index in [1.54, 1.807) is 24.3 Å². The fourth-order valence-electron chi connectivity index (χ4n) is 1.77. The van der Waals surface area contributed by atoms with E-state index >= 15 is 0 Å². The Morgan fingerprint density at radius 1 is 1.30 bits per heavy atom. The average molecular weight is 281 g/mol. The fourth-order valence-corrected chi connectivity index (χ4v) is 1.77. The van der Waals surface area contributed by atoms with Crippen LogP contribution < -0.4 is 5.32 Å². The topological polar surface area (TPSA) is 65.8 Å². The third-order valence-electron chi connectivity index (χ3n) is 2.95. The van der Waals surface area contributed by atoms with Crippen molar-refractivity contribution in [3.8, 4) is 0 Å². The molecule has 0 aliphatic carbocycles. The first-order valence-electron chi connectivity index (χ1n) is 6.82. The number of furan rings is 1. The zero-order chi connectivity index (χ0) is 15.0. The summed E-state index contributed by atoms with van der Waals surface area (Å²) < 4.78 is 5.21. The van der Waals surface area contributed by atoms with Crippen LogP contribution in [0.15, 0.2) is 22.8 Å². The number of rotatable bonds is 8. The summed E-state index contributed by atoms with van der Waals surface area (Å²) in [5.74, 6) is 0.649. The Morgan fingerprint density at radius 2 is 2.05 bits per heavy atom. The van der Waals surface area contributed by atoms with Gasteiger partial charge in [0.05, 0.1) is 25.9 Å². The van der Waals surface area contributed by atoms with E-state index in [-0.39, 0.29) is 24.9 Å². The molecule has 6 nitrogen and oxygen atoms in total. The van der Waals surface area contributed by atoms with Gasteiger partial charge in [-0.05, 0) is 25.6 Å². The van der Waals surface area contributed by atoms with Crippen LogP contribution in [0, 0.1) is 0 Å². The molecule has 6 heteroatoms. The highest BCUT2D eigenvalue weighted by molar-refractivity contribution is 5.81. The molecule has 20 heavy (non-hydrogen) atoms. The number of likely N-dealkylation sites (N-methyl/N-ethyl adjacent to an activating group) is 3. The van der Waals surface area contributed by atoms with E-state index < -0.39 is 0 Å². The average Bonchev–Trinajstić information content (AvgIpc) is 2.90. The van der Waals surface area contributed by atoms with Gasteiger partial charge in [-0.25, -0.2) is 0 Å². The fraction of sp³-hybridized carbons (Fsp3) is 0.571. The molecular weight excluding hydrogens is 258 g/mol. The van der Waals surface area contributed by atoms with Crippen LogP contribution in [0.3, 0.4) is 0 Å². The second kappa shape index (κ2) is 8.37. The molecule has 112 valence electrons. The van der Waals surface area contributed by atoms with Crippen LogP contribution in [-0.4, -0.2) is 54.8 Å². The highest BCUT2D eigenvalue weighted by Crippen LogP contribution is 2.04. The molecule has 0 saturated heterocycles. The van der Waals surface area contributed by atoms with Gasteiger partial charge in [0.15, 0.2) is 0 Å². The van der Waals surface area contributed by atoms with Crippen molar-refractivity contribution in [3.05, 3.63) is 24.2 Å². The van der Waals surface area contributed by atoms with E-state index in [1.807, 2.05) is 24.8 Å². The first kappa shape index (κ1) is 16.2. The van der Waals surface area contributed by atoms with E-state index in [1.165, 1.54) is 0 Å². The second-order valence-electron chi connectivity index (χ2n) is 4.59. The van der Waals surface area contributed by atoms with Crippen LogP contribution in [0.4, 0.5) is 0 Å². The lowest BCUT2D eigenvalue weighted by Crippen LogP contribution is -2.43. The van der Waals surface area contributed by atoms with Crippen molar-refractivity contribution in [1.29, 1.82) is 0 Å². The summed E-state index contributed by atoms with van der Waals surface area (Å²) in [6.07, 6.45) is 1.58. The zero-order valence-electron chi connectivity index (χ0n) is 12.4. The summed E-state index contributed by atoms with van der Waals surface area (Å²) in [4.78, 5) is 27.0. The number of nitrogens with zero attached hydrogens (tertiary/aromatic N) is 2. The highest BCUT2D eigenvalue weighted by Gasteiger charge is 2.16. The van der Waals surface area contributed by atoms with Crippen LogP contribution >= 0.6 is 0 Å². The van der Waals surface area contributed by atoms with Crippen molar-refractivity contribution in [2.24, 2.45) is 0 Å². The molecule has 0 unspecified atom stereocenters. The van der Waals surface area contributed by atoms with E-state index in [2.05, 4.69) is 5.32 Å². The smallest absolute Gasteiger partial charge is 0.236 e. The van der Waals surface area contributed by atoms with Gasteiger partial charge in [0.25, 0.3) is 0 Å². The summed E-state index contributed by atoms with van der Waals surface area (Å²) in [5.41, 5.74) is 0. The molecule has 1 aromatic heterocycles. The number of hydrogen-bond donors (Lipinski definition) is 1. The Balaban J connectivity index is 2.43. The number of carbonyl (C=O) groups excluding carboxylic acids is 2. The molecule has 0 spiro atoms. The van der Waals surface area contributed by atoms with Gasteiger partial charge in [0.1, 0.15) is 5.76 Å². The van der Waals surface area contributed by atoms with Gasteiger partial charge in [-0.2, -0.15) is 0 Å². The Bertz CT molecular complexity index is 417. The molecule has 1 rings (SSSR count). The molecule has 0 aliphatic heterocycles. The van der Waals surface area contributed by atoms with Crippen LogP contribution in [0.1, 0.15) is 19.6 Å². The largest absolute Gasteiger partial charge is 0.467 e. The Kier molecular flexibility index (Phi) is 6.79. The lowest BCUT2D eigenvalue weighted by atomic mass is 10.3. The van der Waals surface area contributed by atoms with Gasteiger partial charge in [-0.3, -0.25) is 14.5 Å². The SMILES string of the molecule is CCNC(=O)CN(CC)CC(=O)N(C)Cc1ccco1. The third-order valence-corrected chi connectivity index (χ3v) is 2.95. The first-order chi connectivity index (χ1) is 9.56. The van der Waals surface area contributed by atoms with Gasteiger partial charge in [0, 0.05) is 13.6 Å². The van der Waals surface area contributed by atoms with Gasteiger partial charge >= 0.3 is 0 Å². The Labute approximate surface area is 119 Å². The minimum atomic E-state index is -0.0594. The van der Waals surface area contributed by atoms with Gasteiger partial charge in [0.2, 0.25) is 11.8 Å². The standard InChI is InChI=1S/C14H23N3O3/c1-4-15-13(18)10-17(5-2)11-14(19)16(3)9-12-7-6-8-20-12/h6-8H,4-5,9-11H2,1-3H3,(H,15,18). The normalized spacial score (nSPS) is 10.6. The van der Waals surface area contributed by atoms with E-state index in [0.29, 0.717) is 19.6 Å². The zero-order valence-corrected chi connectivity index (χ0v) is 12.4. The molecule has 0 aliphatic rings. The van der Waals surface area contributed by atoms with Crippen molar-refractivity contribution in [1.82, 2.24) is 15.1 Å². The predicted octanol–water partition coefficient (Wildman–Crippen LogP) is 0.696. The van der Waals surface area contributed by atoms with Gasteiger partial charge < -0.3 is 14.6 Å². The molecule has 1 aromatic rings. The second-order valence-corrected chi connectivity index (χ2v) is 4.59. The lowest BCUT2D eigenvalue weighted by molar-refractivity contribution is -0.132. The minimum absolute atomic E-state index is 0.0347. The highest BCUT2D eigenvalue weighted by atomic mass is 16.3. The molecule has 0 fully saturated rings. The molecule has 0 bridgehead atoms. The van der Waals surface area contributed by atoms with Crippen molar-refractivity contribution in [2.75, 3.05) is 33.2 Å². The summed E-state index contributed by atoms with van der Waals surface area (Å²) >= 11 is 0. The maximum atomic E-state index is 12.1. The predicted molar refractivity (Wildman–Crippen MR) is 76.0 cm³/mol. The van der Waals surface area contributed by atoms with Gasteiger partial charge in [-0.1, -0.05) is 6.92 Å². The van der Waals surface area contributed by atoms with Crippen LogP contribution in [-0.2, 0) is 16.1 Å². The summed E-state index contributed by atoms with van der Waals surface area (Å²) in [7, 11) is 1.73. The molecule has 0 atom stereocenters. The lowest BCUT2D eigenvalue weighted by Gasteiger charge is -2.23. The molecule has 0 aromatic carbocycles. The maximum absolute atomic E-state index is 12.1. The summed E-state index contributed by atoms with van der Waals surface area (Å²) in [5, 5.41) is 2.73. The third kappa shape index (κ3) is 5.44. The number of carbonyl (C=O) groups is 2. The number of hydrogen-bond acceptors (Lipinski definition) is 4. The molecule has 1 heterocycles. The number of nitrogens with one attached hydrogen (secondary N) is 1. The van der Waals surface area contributed by atoms with E-state index in [4.69, 9.17) is 4.42 Å². The van der Waals surface area contributed by atoms with Crippen molar-refractivity contribution in [2.45, 2.75) is 20.4 Å². The molecule has 0 radical (unpaired) electrons. The van der Waals surface area contributed by atoms with Gasteiger partial charge in [-0.15, -0.1) is 0 Å². The molecular formula is C14H23N3O3. The summed E-state index contributed by atoms with van der Waals surface area (Å²) in [6.45, 7) is 5.95. The van der Waals surface area contributed by atoms with Crippen LogP contribution in [0.25, 0.3) is 0 Å². The molecule has 1 N–H and O–H groups in total. The van der Waals surface area contributed by atoms with Crippen LogP contribution in [0.2, 0.25) is 0 Å². The van der Waals surface area contributed by atoms with E-state index in [9.17, 15) is 9.59 Å². The van der Waals surface area contributed by atoms with Crippen molar-refractivity contribution >= 4 is 11.8 Å². The summed E-state index contributed by atoms with van der Waals surface area (Å²) in [6, 6.07) is 3.62. The maximum Gasteiger partial charge on any atom is 0.236 e. The monoisotopic (exact) mass is 281 g/mol. The first-order valence-corrected chi connectivity index (χ1v) is 6.82. The molecule has 2 amide bonds. The number of amides is 2. The quantitative estimate of drug-likeness (QED) is 0.761. The van der Waals surface area contributed by atoms with Crippen LogP contribution in [0.5, 0.6) is 0 Å². The Morgan fingerprint density at radius 3 is 2.60 bits per heavy atom. The minimum Gasteiger partial charge on any atom is -0.467 e. The van der Waals surface area contributed by atoms with E-state index in [0.717, 1.165) is 5.76 Å². The Hall–Kier alpha value is -1.82. The van der Waals surface area contributed by atoms with Crippen molar-refractivity contribution < 1.29 is 14.0 Å². The molecule has 0 saturated carbocycles. The van der Waals surface area contributed by atoms with Crippen molar-refractivity contribution in [3.63, 3.8) is 0 Å².